The average molecular weight is 254 g/mol. The number of nitrogens with zero attached hydrogens (tertiary/aromatic N) is 2. The van der Waals surface area contributed by atoms with Crippen LogP contribution in [0, 0.1) is 6.92 Å². The van der Waals surface area contributed by atoms with Crippen molar-refractivity contribution in [2.75, 3.05) is 0 Å². The molecular weight excluding hydrogens is 242 g/mol. The zero-order valence-electron chi connectivity index (χ0n) is 8.16. The Balaban J connectivity index is 2.78. The third-order valence-electron chi connectivity index (χ3n) is 2.25. The van der Waals surface area contributed by atoms with Gasteiger partial charge in [-0.3, -0.25) is 0 Å². The van der Waals surface area contributed by atoms with E-state index in [2.05, 4.69) is 20.9 Å². The van der Waals surface area contributed by atoms with Crippen LogP contribution in [0.1, 0.15) is 24.2 Å². The highest BCUT2D eigenvalue weighted by Gasteiger charge is 2.09. The van der Waals surface area contributed by atoms with Gasteiger partial charge in [0.1, 0.15) is 5.65 Å². The molecule has 0 amide bonds. The minimum Gasteiger partial charge on any atom is -0.323 e. The molecule has 14 heavy (non-hydrogen) atoms. The first kappa shape index (κ1) is 9.68. The summed E-state index contributed by atoms with van der Waals surface area (Å²) in [6.07, 6.45) is 3.83. The maximum atomic E-state index is 5.85. The zero-order chi connectivity index (χ0) is 10.3. The lowest BCUT2D eigenvalue weighted by Gasteiger charge is -2.06. The Bertz CT molecular complexity index is 473. The third-order valence-corrected chi connectivity index (χ3v) is 2.69. The Morgan fingerprint density at radius 2 is 2.29 bits per heavy atom. The van der Waals surface area contributed by atoms with Crippen LogP contribution in [0.15, 0.2) is 22.9 Å². The third kappa shape index (κ3) is 1.44. The van der Waals surface area contributed by atoms with E-state index in [9.17, 15) is 0 Å². The van der Waals surface area contributed by atoms with Crippen molar-refractivity contribution in [2.24, 2.45) is 5.73 Å². The van der Waals surface area contributed by atoms with E-state index in [4.69, 9.17) is 5.73 Å². The Hall–Kier alpha value is -0.870. The fraction of sp³-hybridized carbons (Fsp3) is 0.300. The van der Waals surface area contributed by atoms with Crippen molar-refractivity contribution in [2.45, 2.75) is 19.9 Å². The van der Waals surface area contributed by atoms with E-state index in [1.165, 1.54) is 0 Å². The van der Waals surface area contributed by atoms with Crippen LogP contribution in [0.25, 0.3) is 5.65 Å². The molecule has 74 valence electrons. The number of imidazole rings is 1. The molecule has 0 aliphatic carbocycles. The lowest BCUT2D eigenvalue weighted by Crippen LogP contribution is -2.08. The van der Waals surface area contributed by atoms with Gasteiger partial charge in [0.2, 0.25) is 0 Å². The van der Waals surface area contributed by atoms with Gasteiger partial charge in [-0.05, 0) is 41.4 Å². The highest BCUT2D eigenvalue weighted by molar-refractivity contribution is 9.10. The first-order valence-corrected chi connectivity index (χ1v) is 5.27. The van der Waals surface area contributed by atoms with E-state index in [0.717, 1.165) is 21.4 Å². The van der Waals surface area contributed by atoms with Crippen molar-refractivity contribution in [1.82, 2.24) is 9.38 Å². The van der Waals surface area contributed by atoms with Crippen molar-refractivity contribution >= 4 is 21.6 Å². The Kier molecular flexibility index (Phi) is 2.33. The summed E-state index contributed by atoms with van der Waals surface area (Å²) in [5.74, 6) is 0. The van der Waals surface area contributed by atoms with Gasteiger partial charge in [-0.2, -0.15) is 0 Å². The van der Waals surface area contributed by atoms with E-state index in [1.54, 1.807) is 0 Å². The highest BCUT2D eigenvalue weighted by Crippen LogP contribution is 2.20. The lowest BCUT2D eigenvalue weighted by molar-refractivity contribution is 0.768. The Morgan fingerprint density at radius 1 is 1.57 bits per heavy atom. The number of fused-ring (bicyclic) bond motifs is 1. The normalized spacial score (nSPS) is 13.4. The van der Waals surface area contributed by atoms with Gasteiger partial charge >= 0.3 is 0 Å². The summed E-state index contributed by atoms with van der Waals surface area (Å²) >= 11 is 3.46. The summed E-state index contributed by atoms with van der Waals surface area (Å²) in [5.41, 5.74) is 9.00. The van der Waals surface area contributed by atoms with Crippen molar-refractivity contribution in [1.29, 1.82) is 0 Å². The molecule has 0 saturated carbocycles. The van der Waals surface area contributed by atoms with Crippen LogP contribution in [0.3, 0.4) is 0 Å². The minimum atomic E-state index is -0.00120. The Morgan fingerprint density at radius 3 is 2.93 bits per heavy atom. The van der Waals surface area contributed by atoms with Gasteiger partial charge in [-0.15, -0.1) is 0 Å². The summed E-state index contributed by atoms with van der Waals surface area (Å²) in [6.45, 7) is 4.00. The fourth-order valence-electron chi connectivity index (χ4n) is 1.57. The van der Waals surface area contributed by atoms with E-state index in [1.807, 2.05) is 36.7 Å². The van der Waals surface area contributed by atoms with Crippen molar-refractivity contribution < 1.29 is 0 Å². The second-order valence-electron chi connectivity index (χ2n) is 3.51. The molecule has 1 unspecified atom stereocenters. The predicted octanol–water partition coefficient (Wildman–Crippen LogP) is 2.42. The van der Waals surface area contributed by atoms with E-state index < -0.39 is 0 Å². The van der Waals surface area contributed by atoms with Crippen LogP contribution in [0.4, 0.5) is 0 Å². The first-order valence-electron chi connectivity index (χ1n) is 4.48. The highest BCUT2D eigenvalue weighted by atomic mass is 79.9. The largest absolute Gasteiger partial charge is 0.323 e. The molecule has 0 aliphatic heterocycles. The number of hydrogen-bond acceptors (Lipinski definition) is 2. The van der Waals surface area contributed by atoms with Crippen molar-refractivity contribution in [3.05, 3.63) is 34.2 Å². The molecule has 0 saturated heterocycles. The number of pyridine rings is 1. The van der Waals surface area contributed by atoms with Gasteiger partial charge in [0.15, 0.2) is 0 Å². The molecule has 3 nitrogen and oxygen atoms in total. The number of nitrogens with two attached hydrogens (primary N) is 1. The average Bonchev–Trinajstić information content (AvgIpc) is 2.47. The van der Waals surface area contributed by atoms with Gasteiger partial charge in [0, 0.05) is 16.7 Å². The van der Waals surface area contributed by atoms with Crippen LogP contribution < -0.4 is 5.73 Å². The van der Waals surface area contributed by atoms with Gasteiger partial charge in [-0.1, -0.05) is 0 Å². The predicted molar refractivity (Wildman–Crippen MR) is 60.2 cm³/mol. The minimum absolute atomic E-state index is 0.00120. The van der Waals surface area contributed by atoms with Gasteiger partial charge in [0.05, 0.1) is 11.9 Å². The van der Waals surface area contributed by atoms with Gasteiger partial charge < -0.3 is 10.1 Å². The number of hydrogen-bond donors (Lipinski definition) is 1. The molecule has 0 spiro atoms. The molecule has 0 aromatic carbocycles. The molecule has 0 radical (unpaired) electrons. The summed E-state index contributed by atoms with van der Waals surface area (Å²) < 4.78 is 3.08. The molecule has 2 N–H and O–H groups in total. The van der Waals surface area contributed by atoms with Crippen LogP contribution in [-0.2, 0) is 0 Å². The quantitative estimate of drug-likeness (QED) is 0.849. The molecule has 2 aromatic rings. The van der Waals surface area contributed by atoms with Crippen molar-refractivity contribution in [3.63, 3.8) is 0 Å². The maximum Gasteiger partial charge on any atom is 0.139 e. The SMILES string of the molecule is Cc1cc(Br)cn2c(C(C)N)cnc12. The molecule has 2 aromatic heterocycles. The molecule has 0 fully saturated rings. The summed E-state index contributed by atoms with van der Waals surface area (Å²) in [5, 5.41) is 0. The molecule has 0 bridgehead atoms. The zero-order valence-corrected chi connectivity index (χ0v) is 9.75. The maximum absolute atomic E-state index is 5.85. The van der Waals surface area contributed by atoms with E-state index in [0.29, 0.717) is 0 Å². The first-order chi connectivity index (χ1) is 6.59. The van der Waals surface area contributed by atoms with Crippen molar-refractivity contribution in [3.8, 4) is 0 Å². The number of aryl methyl sites for hydroxylation is 1. The summed E-state index contributed by atoms with van der Waals surface area (Å²) in [6, 6.07) is 2.05. The number of aromatic nitrogens is 2. The molecule has 4 heteroatoms. The fourth-order valence-corrected chi connectivity index (χ4v) is 2.12. The topological polar surface area (TPSA) is 43.3 Å². The summed E-state index contributed by atoms with van der Waals surface area (Å²) in [7, 11) is 0. The van der Waals surface area contributed by atoms with E-state index >= 15 is 0 Å². The second kappa shape index (κ2) is 3.37. The monoisotopic (exact) mass is 253 g/mol. The van der Waals surface area contributed by atoms with Crippen LogP contribution in [0.2, 0.25) is 0 Å². The number of rotatable bonds is 1. The second-order valence-corrected chi connectivity index (χ2v) is 4.42. The molecular formula is C10H12BrN3. The van der Waals surface area contributed by atoms with Crippen LogP contribution in [-0.4, -0.2) is 9.38 Å². The molecule has 2 heterocycles. The smallest absolute Gasteiger partial charge is 0.139 e. The standard InChI is InChI=1S/C10H12BrN3/c1-6-3-8(11)5-14-9(7(2)12)4-13-10(6)14/h3-5,7H,12H2,1-2H3. The van der Waals surface area contributed by atoms with Crippen LogP contribution >= 0.6 is 15.9 Å². The Labute approximate surface area is 91.1 Å². The van der Waals surface area contributed by atoms with E-state index in [-0.39, 0.29) is 6.04 Å². The number of halogens is 1. The van der Waals surface area contributed by atoms with Gasteiger partial charge in [0.25, 0.3) is 0 Å². The lowest BCUT2D eigenvalue weighted by atomic mass is 10.2. The molecule has 0 aliphatic rings. The molecule has 2 rings (SSSR count). The van der Waals surface area contributed by atoms with Gasteiger partial charge in [-0.25, -0.2) is 4.98 Å². The van der Waals surface area contributed by atoms with Crippen LogP contribution in [0.5, 0.6) is 0 Å². The summed E-state index contributed by atoms with van der Waals surface area (Å²) in [4.78, 5) is 4.34. The molecule has 1 atom stereocenters.